The molecular formula is C19H23FO. The zero-order valence-electron chi connectivity index (χ0n) is 13.1. The molecular weight excluding hydrogens is 263 g/mol. The molecule has 2 aromatic carbocycles. The molecule has 0 fully saturated rings. The molecule has 0 unspecified atom stereocenters. The third-order valence-corrected chi connectivity index (χ3v) is 3.77. The summed E-state index contributed by atoms with van der Waals surface area (Å²) in [6, 6.07) is 11.9. The van der Waals surface area contributed by atoms with Crippen molar-refractivity contribution in [3.05, 3.63) is 64.5 Å². The van der Waals surface area contributed by atoms with E-state index in [1.807, 2.05) is 6.07 Å². The number of halogens is 1. The molecule has 0 aliphatic heterocycles. The molecule has 2 aromatic rings. The van der Waals surface area contributed by atoms with Crippen LogP contribution in [0.3, 0.4) is 0 Å². The predicted molar refractivity (Wildman–Crippen MR) is 85.5 cm³/mol. The van der Waals surface area contributed by atoms with Crippen molar-refractivity contribution in [1.82, 2.24) is 0 Å². The smallest absolute Gasteiger partial charge is 0.126 e. The third kappa shape index (κ3) is 4.07. The molecule has 0 saturated heterocycles. The fourth-order valence-electron chi connectivity index (χ4n) is 2.52. The zero-order valence-corrected chi connectivity index (χ0v) is 13.1. The Balaban J connectivity index is 2.14. The van der Waals surface area contributed by atoms with Crippen LogP contribution in [0, 0.1) is 12.7 Å². The molecule has 0 saturated carbocycles. The molecule has 0 heterocycles. The van der Waals surface area contributed by atoms with Gasteiger partial charge in [-0.25, -0.2) is 4.39 Å². The lowest BCUT2D eigenvalue weighted by atomic mass is 10.00. The fraction of sp³-hybridized carbons (Fsp3) is 0.368. The summed E-state index contributed by atoms with van der Waals surface area (Å²) in [5, 5.41) is 0. The molecule has 112 valence electrons. The molecule has 2 heteroatoms. The minimum atomic E-state index is -0.119. The molecule has 0 aromatic heterocycles. The van der Waals surface area contributed by atoms with Gasteiger partial charge in [0.1, 0.15) is 11.6 Å². The van der Waals surface area contributed by atoms with E-state index in [0.717, 1.165) is 36.1 Å². The summed E-state index contributed by atoms with van der Waals surface area (Å²) in [6.07, 6.45) is 3.36. The molecule has 0 atom stereocenters. The first kappa shape index (κ1) is 15.6. The second kappa shape index (κ2) is 7.26. The lowest BCUT2D eigenvalue weighted by Crippen LogP contribution is -2.00. The molecule has 21 heavy (non-hydrogen) atoms. The van der Waals surface area contributed by atoms with E-state index in [1.165, 1.54) is 11.1 Å². The van der Waals surface area contributed by atoms with Crippen LogP contribution in [0.15, 0.2) is 36.4 Å². The SMILES string of the molecule is CCCc1cc(F)c(CCc2ccc(C)cc2)cc1OC. The highest BCUT2D eigenvalue weighted by Gasteiger charge is 2.10. The summed E-state index contributed by atoms with van der Waals surface area (Å²) in [5.41, 5.74) is 4.16. The highest BCUT2D eigenvalue weighted by atomic mass is 19.1. The minimum absolute atomic E-state index is 0.119. The van der Waals surface area contributed by atoms with E-state index in [4.69, 9.17) is 4.74 Å². The number of aryl methyl sites for hydroxylation is 4. The first-order valence-electron chi connectivity index (χ1n) is 7.55. The Kier molecular flexibility index (Phi) is 5.38. The summed E-state index contributed by atoms with van der Waals surface area (Å²) in [4.78, 5) is 0. The first-order valence-corrected chi connectivity index (χ1v) is 7.55. The van der Waals surface area contributed by atoms with Gasteiger partial charge in [-0.1, -0.05) is 43.2 Å². The van der Waals surface area contributed by atoms with Gasteiger partial charge in [0.15, 0.2) is 0 Å². The molecule has 0 aliphatic carbocycles. The maximum absolute atomic E-state index is 14.2. The lowest BCUT2D eigenvalue weighted by molar-refractivity contribution is 0.407. The van der Waals surface area contributed by atoms with E-state index in [1.54, 1.807) is 13.2 Å². The molecule has 2 rings (SSSR count). The van der Waals surface area contributed by atoms with Gasteiger partial charge >= 0.3 is 0 Å². The van der Waals surface area contributed by atoms with Gasteiger partial charge < -0.3 is 4.74 Å². The number of methoxy groups -OCH3 is 1. The van der Waals surface area contributed by atoms with Gasteiger partial charge in [-0.15, -0.1) is 0 Å². The molecule has 0 N–H and O–H groups in total. The summed E-state index contributed by atoms with van der Waals surface area (Å²) in [6.45, 7) is 4.16. The Morgan fingerprint density at radius 3 is 2.29 bits per heavy atom. The molecule has 0 amide bonds. The Morgan fingerprint density at radius 1 is 0.952 bits per heavy atom. The van der Waals surface area contributed by atoms with E-state index < -0.39 is 0 Å². The van der Waals surface area contributed by atoms with Crippen LogP contribution < -0.4 is 4.74 Å². The van der Waals surface area contributed by atoms with Crippen molar-refractivity contribution in [3.63, 3.8) is 0 Å². The summed E-state index contributed by atoms with van der Waals surface area (Å²) in [7, 11) is 1.65. The van der Waals surface area contributed by atoms with Gasteiger partial charge in [0.05, 0.1) is 7.11 Å². The third-order valence-electron chi connectivity index (χ3n) is 3.77. The van der Waals surface area contributed by atoms with Crippen molar-refractivity contribution in [1.29, 1.82) is 0 Å². The summed E-state index contributed by atoms with van der Waals surface area (Å²) < 4.78 is 19.6. The van der Waals surface area contributed by atoms with Crippen LogP contribution >= 0.6 is 0 Å². The maximum Gasteiger partial charge on any atom is 0.126 e. The van der Waals surface area contributed by atoms with Crippen LogP contribution in [-0.4, -0.2) is 7.11 Å². The Bertz CT molecular complexity index is 587. The Hall–Kier alpha value is -1.83. The maximum atomic E-state index is 14.2. The highest BCUT2D eigenvalue weighted by molar-refractivity contribution is 5.39. The second-order valence-corrected chi connectivity index (χ2v) is 5.49. The van der Waals surface area contributed by atoms with E-state index in [2.05, 4.69) is 38.1 Å². The van der Waals surface area contributed by atoms with Crippen molar-refractivity contribution in [2.24, 2.45) is 0 Å². The molecule has 1 nitrogen and oxygen atoms in total. The molecule has 0 bridgehead atoms. The quantitative estimate of drug-likeness (QED) is 0.735. The number of benzene rings is 2. The number of ether oxygens (including phenoxy) is 1. The van der Waals surface area contributed by atoms with Crippen molar-refractivity contribution >= 4 is 0 Å². The van der Waals surface area contributed by atoms with Crippen molar-refractivity contribution < 1.29 is 9.13 Å². The Morgan fingerprint density at radius 2 is 1.67 bits per heavy atom. The first-order chi connectivity index (χ1) is 10.1. The minimum Gasteiger partial charge on any atom is -0.496 e. The monoisotopic (exact) mass is 286 g/mol. The molecule has 0 spiro atoms. The topological polar surface area (TPSA) is 9.23 Å². The lowest BCUT2D eigenvalue weighted by Gasteiger charge is -2.12. The van der Waals surface area contributed by atoms with Crippen LogP contribution in [-0.2, 0) is 19.3 Å². The number of hydrogen-bond donors (Lipinski definition) is 0. The predicted octanol–water partition coefficient (Wildman–Crippen LogP) is 4.88. The largest absolute Gasteiger partial charge is 0.496 e. The molecule has 0 radical (unpaired) electrons. The fourth-order valence-corrected chi connectivity index (χ4v) is 2.52. The van der Waals surface area contributed by atoms with Gasteiger partial charge in [-0.3, -0.25) is 0 Å². The highest BCUT2D eigenvalue weighted by Crippen LogP contribution is 2.25. The van der Waals surface area contributed by atoms with Crippen LogP contribution in [0.2, 0.25) is 0 Å². The normalized spacial score (nSPS) is 10.7. The van der Waals surface area contributed by atoms with Crippen LogP contribution in [0.1, 0.15) is 35.6 Å². The van der Waals surface area contributed by atoms with Crippen LogP contribution in [0.25, 0.3) is 0 Å². The zero-order chi connectivity index (χ0) is 15.2. The summed E-state index contributed by atoms with van der Waals surface area (Å²) in [5.74, 6) is 0.684. The van der Waals surface area contributed by atoms with Gasteiger partial charge in [0.25, 0.3) is 0 Å². The van der Waals surface area contributed by atoms with Crippen LogP contribution in [0.5, 0.6) is 5.75 Å². The van der Waals surface area contributed by atoms with E-state index in [0.29, 0.717) is 6.42 Å². The standard InChI is InChI=1S/C19H23FO/c1-4-5-17-12-18(20)16(13-19(17)21-3)11-10-15-8-6-14(2)7-9-15/h6-9,12-13H,4-5,10-11H2,1-3H3. The average Bonchev–Trinajstić information content (AvgIpc) is 2.48. The van der Waals surface area contributed by atoms with Crippen molar-refractivity contribution in [2.75, 3.05) is 7.11 Å². The van der Waals surface area contributed by atoms with E-state index in [-0.39, 0.29) is 5.82 Å². The second-order valence-electron chi connectivity index (χ2n) is 5.49. The van der Waals surface area contributed by atoms with Crippen molar-refractivity contribution in [2.45, 2.75) is 39.5 Å². The van der Waals surface area contributed by atoms with E-state index in [9.17, 15) is 4.39 Å². The number of rotatable bonds is 6. The van der Waals surface area contributed by atoms with Crippen molar-refractivity contribution in [3.8, 4) is 5.75 Å². The average molecular weight is 286 g/mol. The van der Waals surface area contributed by atoms with Crippen LogP contribution in [0.4, 0.5) is 4.39 Å². The number of hydrogen-bond acceptors (Lipinski definition) is 1. The summed E-state index contributed by atoms with van der Waals surface area (Å²) >= 11 is 0. The van der Waals surface area contributed by atoms with Gasteiger partial charge in [0, 0.05) is 0 Å². The molecule has 0 aliphatic rings. The Labute approximate surface area is 126 Å². The van der Waals surface area contributed by atoms with E-state index >= 15 is 0 Å². The van der Waals surface area contributed by atoms with Gasteiger partial charge in [-0.2, -0.15) is 0 Å². The van der Waals surface area contributed by atoms with Gasteiger partial charge in [0.2, 0.25) is 0 Å². The van der Waals surface area contributed by atoms with Gasteiger partial charge in [-0.05, 0) is 55.0 Å².